The molecule has 0 saturated heterocycles. The summed E-state index contributed by atoms with van der Waals surface area (Å²) < 4.78 is 5.13. The van der Waals surface area contributed by atoms with E-state index >= 15 is 0 Å². The van der Waals surface area contributed by atoms with Gasteiger partial charge in [0.1, 0.15) is 5.60 Å². The number of carbonyl (C=O) groups excluding carboxylic acids is 1. The zero-order valence-electron chi connectivity index (χ0n) is 7.70. The molecule has 1 rings (SSSR count). The van der Waals surface area contributed by atoms with Gasteiger partial charge in [0, 0.05) is 6.42 Å². The van der Waals surface area contributed by atoms with Gasteiger partial charge in [0.15, 0.2) is 6.04 Å². The quantitative estimate of drug-likeness (QED) is 0.560. The zero-order chi connectivity index (χ0) is 9.19. The Morgan fingerprint density at radius 3 is 2.58 bits per heavy atom. The van der Waals surface area contributed by atoms with Crippen molar-refractivity contribution in [1.29, 1.82) is 0 Å². The van der Waals surface area contributed by atoms with E-state index in [0.29, 0.717) is 13.0 Å². The van der Waals surface area contributed by atoms with E-state index in [4.69, 9.17) is 4.74 Å². The van der Waals surface area contributed by atoms with Gasteiger partial charge in [-0.1, -0.05) is 0 Å². The molecule has 0 saturated carbocycles. The van der Waals surface area contributed by atoms with E-state index in [9.17, 15) is 4.79 Å². The Balaban J connectivity index is 2.43. The highest BCUT2D eigenvalue weighted by Gasteiger charge is 2.26. The predicted molar refractivity (Wildman–Crippen MR) is 44.0 cm³/mol. The summed E-state index contributed by atoms with van der Waals surface area (Å²) in [7, 11) is 0. The Labute approximate surface area is 72.0 Å². The molecule has 0 aliphatic carbocycles. The Morgan fingerprint density at radius 2 is 2.17 bits per heavy atom. The first-order valence-electron chi connectivity index (χ1n) is 4.08. The number of hydrogen-bond acceptors (Lipinski definition) is 4. The van der Waals surface area contributed by atoms with Gasteiger partial charge in [-0.15, -0.1) is 0 Å². The van der Waals surface area contributed by atoms with Gasteiger partial charge in [-0.25, -0.2) is 4.79 Å². The van der Waals surface area contributed by atoms with Gasteiger partial charge < -0.3 is 4.74 Å². The molecule has 0 radical (unpaired) electrons. The first-order valence-corrected chi connectivity index (χ1v) is 4.08. The zero-order valence-corrected chi connectivity index (χ0v) is 7.70. The van der Waals surface area contributed by atoms with Crippen LogP contribution in [0.3, 0.4) is 0 Å². The molecule has 0 fully saturated rings. The Kier molecular flexibility index (Phi) is 2.45. The van der Waals surface area contributed by atoms with Crippen LogP contribution in [0.4, 0.5) is 0 Å². The van der Waals surface area contributed by atoms with Crippen LogP contribution in [-0.2, 0) is 9.53 Å². The van der Waals surface area contributed by atoms with Crippen LogP contribution in [-0.4, -0.2) is 24.2 Å². The van der Waals surface area contributed by atoms with Crippen molar-refractivity contribution in [3.63, 3.8) is 0 Å². The molecular formula is C8H14N2O2. The fourth-order valence-electron chi connectivity index (χ4n) is 0.929. The fraction of sp³-hybridized carbons (Fsp3) is 0.875. The highest BCUT2D eigenvalue weighted by Crippen LogP contribution is 2.14. The Morgan fingerprint density at radius 1 is 1.50 bits per heavy atom. The van der Waals surface area contributed by atoms with E-state index in [1.165, 1.54) is 0 Å². The van der Waals surface area contributed by atoms with Gasteiger partial charge in [0.25, 0.3) is 0 Å². The Hall–Kier alpha value is -0.930. The summed E-state index contributed by atoms with van der Waals surface area (Å²) in [5, 5.41) is 7.51. The fourth-order valence-corrected chi connectivity index (χ4v) is 0.929. The molecule has 0 aromatic rings. The Bertz CT molecular complexity index is 206. The number of nitrogens with zero attached hydrogens (tertiary/aromatic N) is 2. The summed E-state index contributed by atoms with van der Waals surface area (Å²) in [6, 6.07) is -0.357. The maximum Gasteiger partial charge on any atom is 0.333 e. The lowest BCUT2D eigenvalue weighted by molar-refractivity contribution is -0.156. The summed E-state index contributed by atoms with van der Waals surface area (Å²) >= 11 is 0. The maximum absolute atomic E-state index is 11.3. The van der Waals surface area contributed by atoms with Crippen LogP contribution in [0.5, 0.6) is 0 Å². The summed E-state index contributed by atoms with van der Waals surface area (Å²) in [4.78, 5) is 11.3. The van der Waals surface area contributed by atoms with Crippen molar-refractivity contribution in [1.82, 2.24) is 0 Å². The van der Waals surface area contributed by atoms with E-state index in [2.05, 4.69) is 10.2 Å². The van der Waals surface area contributed by atoms with Crippen LogP contribution in [0.2, 0.25) is 0 Å². The number of carbonyl (C=O) groups is 1. The van der Waals surface area contributed by atoms with Gasteiger partial charge >= 0.3 is 5.97 Å². The van der Waals surface area contributed by atoms with Crippen molar-refractivity contribution < 1.29 is 9.53 Å². The van der Waals surface area contributed by atoms with Crippen molar-refractivity contribution in [2.24, 2.45) is 10.2 Å². The van der Waals surface area contributed by atoms with E-state index in [1.54, 1.807) is 0 Å². The number of rotatable bonds is 1. The number of azo groups is 1. The topological polar surface area (TPSA) is 51.0 Å². The molecule has 1 heterocycles. The van der Waals surface area contributed by atoms with Crippen molar-refractivity contribution in [2.45, 2.75) is 38.8 Å². The minimum absolute atomic E-state index is 0.260. The van der Waals surface area contributed by atoms with Crippen LogP contribution < -0.4 is 0 Å². The second-order valence-electron chi connectivity index (χ2n) is 3.82. The highest BCUT2D eigenvalue weighted by molar-refractivity contribution is 5.76. The summed E-state index contributed by atoms with van der Waals surface area (Å²) in [5.74, 6) is -0.260. The molecule has 0 spiro atoms. The third kappa shape index (κ3) is 2.60. The molecule has 1 aliphatic heterocycles. The van der Waals surface area contributed by atoms with Crippen molar-refractivity contribution >= 4 is 5.97 Å². The maximum atomic E-state index is 11.3. The smallest absolute Gasteiger partial charge is 0.333 e. The first kappa shape index (κ1) is 9.16. The van der Waals surface area contributed by atoms with Crippen LogP contribution in [0, 0.1) is 0 Å². The average molecular weight is 170 g/mol. The number of ether oxygens (including phenoxy) is 1. The van der Waals surface area contributed by atoms with Gasteiger partial charge in [0.05, 0.1) is 6.54 Å². The summed E-state index contributed by atoms with van der Waals surface area (Å²) in [5.41, 5.74) is -0.421. The van der Waals surface area contributed by atoms with E-state index in [-0.39, 0.29) is 12.0 Å². The van der Waals surface area contributed by atoms with Gasteiger partial charge in [-0.05, 0) is 20.8 Å². The summed E-state index contributed by atoms with van der Waals surface area (Å²) in [6.45, 7) is 6.18. The highest BCUT2D eigenvalue weighted by atomic mass is 16.6. The molecule has 4 nitrogen and oxygen atoms in total. The molecular weight excluding hydrogens is 156 g/mol. The van der Waals surface area contributed by atoms with Gasteiger partial charge in [-0.3, -0.25) is 0 Å². The van der Waals surface area contributed by atoms with Crippen molar-refractivity contribution in [3.05, 3.63) is 0 Å². The van der Waals surface area contributed by atoms with Crippen LogP contribution in [0.15, 0.2) is 10.2 Å². The molecule has 0 aromatic heterocycles. The van der Waals surface area contributed by atoms with Crippen molar-refractivity contribution in [3.8, 4) is 0 Å². The molecule has 12 heavy (non-hydrogen) atoms. The van der Waals surface area contributed by atoms with E-state index in [0.717, 1.165) is 0 Å². The van der Waals surface area contributed by atoms with E-state index < -0.39 is 5.60 Å². The molecule has 1 aliphatic rings. The van der Waals surface area contributed by atoms with Crippen molar-refractivity contribution in [2.75, 3.05) is 6.54 Å². The first-order chi connectivity index (χ1) is 5.49. The molecule has 0 N–H and O–H groups in total. The second kappa shape index (κ2) is 3.21. The minimum atomic E-state index is -0.421. The summed E-state index contributed by atoms with van der Waals surface area (Å²) in [6.07, 6.45) is 0.689. The normalized spacial score (nSPS) is 22.8. The molecule has 0 amide bonds. The molecule has 4 heteroatoms. The lowest BCUT2D eigenvalue weighted by atomic mass is 10.2. The lowest BCUT2D eigenvalue weighted by Gasteiger charge is -2.20. The largest absolute Gasteiger partial charge is 0.458 e. The van der Waals surface area contributed by atoms with Gasteiger partial charge in [0.2, 0.25) is 0 Å². The number of hydrogen-bond donors (Lipinski definition) is 0. The average Bonchev–Trinajstić information content (AvgIpc) is 2.32. The molecule has 68 valence electrons. The third-order valence-electron chi connectivity index (χ3n) is 1.40. The van der Waals surface area contributed by atoms with Crippen LogP contribution in [0.25, 0.3) is 0 Å². The predicted octanol–water partition coefficient (Wildman–Crippen LogP) is 1.55. The molecule has 1 atom stereocenters. The SMILES string of the molecule is CC(C)(C)OC(=O)C1CCN=N1. The van der Waals surface area contributed by atoms with Crippen LogP contribution in [0.1, 0.15) is 27.2 Å². The monoisotopic (exact) mass is 170 g/mol. The molecule has 0 aromatic carbocycles. The van der Waals surface area contributed by atoms with Crippen LogP contribution >= 0.6 is 0 Å². The molecule has 1 unspecified atom stereocenters. The lowest BCUT2D eigenvalue weighted by Crippen LogP contribution is -2.30. The minimum Gasteiger partial charge on any atom is -0.458 e. The second-order valence-corrected chi connectivity index (χ2v) is 3.82. The van der Waals surface area contributed by atoms with E-state index in [1.807, 2.05) is 20.8 Å². The number of esters is 1. The van der Waals surface area contributed by atoms with Gasteiger partial charge in [-0.2, -0.15) is 10.2 Å². The molecule has 0 bridgehead atoms. The third-order valence-corrected chi connectivity index (χ3v) is 1.40. The standard InChI is InChI=1S/C8H14N2O2/c1-8(2,3)12-7(11)6-4-5-9-10-6/h6H,4-5H2,1-3H3.